The van der Waals surface area contributed by atoms with Gasteiger partial charge in [0.1, 0.15) is 12.8 Å². The molecule has 0 aliphatic heterocycles. The molecular formula is C11H15N5O2. The highest BCUT2D eigenvalue weighted by Crippen LogP contribution is 2.21. The molecule has 0 spiro atoms. The molecule has 0 aromatic carbocycles. The van der Waals surface area contributed by atoms with E-state index in [1.807, 2.05) is 0 Å². The van der Waals surface area contributed by atoms with E-state index in [9.17, 15) is 4.79 Å². The number of amides is 1. The van der Waals surface area contributed by atoms with Gasteiger partial charge in [-0.15, -0.1) is 5.10 Å². The van der Waals surface area contributed by atoms with E-state index in [0.29, 0.717) is 12.4 Å². The van der Waals surface area contributed by atoms with Crippen LogP contribution >= 0.6 is 0 Å². The Balaban J connectivity index is 2.14. The lowest BCUT2D eigenvalue weighted by Gasteiger charge is -2.12. The van der Waals surface area contributed by atoms with E-state index in [2.05, 4.69) is 36.1 Å². The van der Waals surface area contributed by atoms with Crippen molar-refractivity contribution in [2.24, 2.45) is 5.73 Å². The van der Waals surface area contributed by atoms with Gasteiger partial charge >= 0.3 is 0 Å². The second-order valence-electron chi connectivity index (χ2n) is 5.04. The lowest BCUT2D eigenvalue weighted by atomic mass is 9.93. The van der Waals surface area contributed by atoms with Gasteiger partial charge in [0, 0.05) is 5.41 Å². The fourth-order valence-corrected chi connectivity index (χ4v) is 1.36. The number of nitrogens with zero attached hydrogens (tertiary/aromatic N) is 4. The summed E-state index contributed by atoms with van der Waals surface area (Å²) in [5.41, 5.74) is 6.01. The van der Waals surface area contributed by atoms with Crippen LogP contribution in [-0.4, -0.2) is 25.9 Å². The van der Waals surface area contributed by atoms with Crippen molar-refractivity contribution in [3.8, 4) is 0 Å². The van der Waals surface area contributed by atoms with Gasteiger partial charge in [-0.2, -0.15) is 0 Å². The van der Waals surface area contributed by atoms with E-state index < -0.39 is 5.91 Å². The van der Waals surface area contributed by atoms with Gasteiger partial charge in [0.15, 0.2) is 5.69 Å². The summed E-state index contributed by atoms with van der Waals surface area (Å²) >= 11 is 0. The molecule has 96 valence electrons. The van der Waals surface area contributed by atoms with Crippen LogP contribution in [0.3, 0.4) is 0 Å². The summed E-state index contributed by atoms with van der Waals surface area (Å²) in [5, 5.41) is 7.41. The number of hydrogen-bond donors (Lipinski definition) is 1. The maximum Gasteiger partial charge on any atom is 0.270 e. The van der Waals surface area contributed by atoms with Crippen molar-refractivity contribution in [1.82, 2.24) is 20.0 Å². The van der Waals surface area contributed by atoms with E-state index in [0.717, 1.165) is 5.69 Å². The average molecular weight is 249 g/mol. The van der Waals surface area contributed by atoms with E-state index in [1.54, 1.807) is 6.26 Å². The molecular weight excluding hydrogens is 234 g/mol. The highest BCUT2D eigenvalue weighted by atomic mass is 16.3. The average Bonchev–Trinajstić information content (AvgIpc) is 2.85. The largest absolute Gasteiger partial charge is 0.447 e. The van der Waals surface area contributed by atoms with Crippen molar-refractivity contribution in [2.75, 3.05) is 0 Å². The summed E-state index contributed by atoms with van der Waals surface area (Å²) < 4.78 is 6.81. The molecule has 2 rings (SSSR count). The third-order valence-corrected chi connectivity index (χ3v) is 2.41. The van der Waals surface area contributed by atoms with Gasteiger partial charge in [-0.05, 0) is 0 Å². The Bertz CT molecular complexity index is 564. The molecule has 1 amide bonds. The SMILES string of the molecule is CC(C)(C)c1coc(Cn2cc(C(N)=O)nn2)n1. The van der Waals surface area contributed by atoms with Gasteiger partial charge in [-0.1, -0.05) is 26.0 Å². The Morgan fingerprint density at radius 3 is 2.72 bits per heavy atom. The van der Waals surface area contributed by atoms with Crippen LogP contribution in [0.2, 0.25) is 0 Å². The molecule has 2 heterocycles. The molecule has 0 radical (unpaired) electrons. The summed E-state index contributed by atoms with van der Waals surface area (Å²) in [4.78, 5) is 15.2. The highest BCUT2D eigenvalue weighted by molar-refractivity contribution is 5.90. The van der Waals surface area contributed by atoms with Gasteiger partial charge in [0.2, 0.25) is 5.89 Å². The highest BCUT2D eigenvalue weighted by Gasteiger charge is 2.19. The van der Waals surface area contributed by atoms with Crippen molar-refractivity contribution in [3.63, 3.8) is 0 Å². The van der Waals surface area contributed by atoms with E-state index >= 15 is 0 Å². The Kier molecular flexibility index (Phi) is 2.90. The van der Waals surface area contributed by atoms with Crippen molar-refractivity contribution in [1.29, 1.82) is 0 Å². The molecule has 18 heavy (non-hydrogen) atoms. The van der Waals surface area contributed by atoms with Crippen LogP contribution in [0, 0.1) is 0 Å². The maximum atomic E-state index is 10.9. The van der Waals surface area contributed by atoms with Crippen molar-refractivity contribution in [3.05, 3.63) is 29.7 Å². The molecule has 2 N–H and O–H groups in total. The van der Waals surface area contributed by atoms with E-state index in [-0.39, 0.29) is 11.1 Å². The monoisotopic (exact) mass is 249 g/mol. The van der Waals surface area contributed by atoms with Crippen LogP contribution in [0.5, 0.6) is 0 Å². The van der Waals surface area contributed by atoms with E-state index in [4.69, 9.17) is 10.2 Å². The summed E-state index contributed by atoms with van der Waals surface area (Å²) in [5.74, 6) is -0.0927. The Labute approximate surface area is 104 Å². The number of carbonyl (C=O) groups is 1. The third kappa shape index (κ3) is 2.55. The zero-order chi connectivity index (χ0) is 13.3. The van der Waals surface area contributed by atoms with Crippen LogP contribution in [0.25, 0.3) is 0 Å². The molecule has 7 nitrogen and oxygen atoms in total. The Morgan fingerprint density at radius 1 is 1.50 bits per heavy atom. The minimum absolute atomic E-state index is 0.0670. The lowest BCUT2D eigenvalue weighted by Crippen LogP contribution is -2.12. The van der Waals surface area contributed by atoms with Gasteiger partial charge < -0.3 is 10.2 Å². The molecule has 0 bridgehead atoms. The standard InChI is InChI=1S/C11H15N5O2/c1-11(2,3)8-6-18-9(13-8)5-16-4-7(10(12)17)14-15-16/h4,6H,5H2,1-3H3,(H2,12,17). The fraction of sp³-hybridized carbons (Fsp3) is 0.455. The molecule has 2 aromatic rings. The number of carbonyl (C=O) groups excluding carboxylic acids is 1. The number of nitrogens with two attached hydrogens (primary N) is 1. The van der Waals surface area contributed by atoms with Gasteiger partial charge in [0.05, 0.1) is 11.9 Å². The minimum atomic E-state index is -0.607. The maximum absolute atomic E-state index is 10.9. The molecule has 0 saturated carbocycles. The van der Waals surface area contributed by atoms with Gasteiger partial charge in [-0.3, -0.25) is 4.79 Å². The molecule has 7 heteroatoms. The Morgan fingerprint density at radius 2 is 2.22 bits per heavy atom. The zero-order valence-corrected chi connectivity index (χ0v) is 10.5. The van der Waals surface area contributed by atoms with Crippen LogP contribution < -0.4 is 5.73 Å². The van der Waals surface area contributed by atoms with Crippen LogP contribution in [-0.2, 0) is 12.0 Å². The number of hydrogen-bond acceptors (Lipinski definition) is 5. The van der Waals surface area contributed by atoms with Crippen LogP contribution in [0.4, 0.5) is 0 Å². The van der Waals surface area contributed by atoms with Crippen molar-refractivity contribution < 1.29 is 9.21 Å². The van der Waals surface area contributed by atoms with Crippen molar-refractivity contribution >= 4 is 5.91 Å². The number of primary amides is 1. The summed E-state index contributed by atoms with van der Waals surface area (Å²) in [6, 6.07) is 0. The minimum Gasteiger partial charge on any atom is -0.447 e. The first kappa shape index (κ1) is 12.3. The number of rotatable bonds is 3. The summed E-state index contributed by atoms with van der Waals surface area (Å²) in [6.45, 7) is 6.47. The second-order valence-corrected chi connectivity index (χ2v) is 5.04. The first-order chi connectivity index (χ1) is 8.36. The summed E-state index contributed by atoms with van der Waals surface area (Å²) in [6.07, 6.45) is 3.09. The molecule has 0 fully saturated rings. The van der Waals surface area contributed by atoms with Gasteiger partial charge in [-0.25, -0.2) is 9.67 Å². The predicted molar refractivity (Wildman–Crippen MR) is 62.8 cm³/mol. The predicted octanol–water partition coefficient (Wildman–Crippen LogP) is 0.711. The zero-order valence-electron chi connectivity index (χ0n) is 10.5. The number of aromatic nitrogens is 4. The lowest BCUT2D eigenvalue weighted by molar-refractivity contribution is 0.0995. The molecule has 0 unspecified atom stereocenters. The normalized spacial score (nSPS) is 11.7. The summed E-state index contributed by atoms with van der Waals surface area (Å²) in [7, 11) is 0. The van der Waals surface area contributed by atoms with Gasteiger partial charge in [0.25, 0.3) is 5.91 Å². The Hall–Kier alpha value is -2.18. The first-order valence-electron chi connectivity index (χ1n) is 5.51. The topological polar surface area (TPSA) is 99.8 Å². The first-order valence-corrected chi connectivity index (χ1v) is 5.51. The molecule has 0 atom stereocenters. The molecule has 0 aliphatic carbocycles. The second kappa shape index (κ2) is 4.25. The quantitative estimate of drug-likeness (QED) is 0.863. The van der Waals surface area contributed by atoms with Crippen LogP contribution in [0.1, 0.15) is 42.8 Å². The van der Waals surface area contributed by atoms with Crippen LogP contribution in [0.15, 0.2) is 16.9 Å². The van der Waals surface area contributed by atoms with Crippen molar-refractivity contribution in [2.45, 2.75) is 32.7 Å². The van der Waals surface area contributed by atoms with E-state index in [1.165, 1.54) is 10.9 Å². The molecule has 0 aliphatic rings. The third-order valence-electron chi connectivity index (χ3n) is 2.41. The fourth-order valence-electron chi connectivity index (χ4n) is 1.36. The number of oxazole rings is 1. The smallest absolute Gasteiger partial charge is 0.270 e. The molecule has 0 saturated heterocycles. The molecule has 2 aromatic heterocycles.